The molecule has 0 atom stereocenters. The molecule has 0 aliphatic rings. The van der Waals surface area contributed by atoms with Gasteiger partial charge in [-0.2, -0.15) is 9.61 Å². The number of aromatic nitrogens is 3. The first-order valence-corrected chi connectivity index (χ1v) is 8.66. The van der Waals surface area contributed by atoms with Crippen molar-refractivity contribution in [2.75, 3.05) is 14.2 Å². The summed E-state index contributed by atoms with van der Waals surface area (Å²) in [6, 6.07) is 4.87. The average Bonchev–Trinajstić information content (AvgIpc) is 2.98. The van der Waals surface area contributed by atoms with E-state index in [1.807, 2.05) is 0 Å². The molecule has 0 aliphatic heterocycles. The van der Waals surface area contributed by atoms with E-state index in [9.17, 15) is 4.79 Å². The second-order valence-electron chi connectivity index (χ2n) is 5.07. The van der Waals surface area contributed by atoms with E-state index < -0.39 is 0 Å². The molecule has 25 heavy (non-hydrogen) atoms. The Morgan fingerprint density at radius 1 is 1.28 bits per heavy atom. The van der Waals surface area contributed by atoms with E-state index in [-0.39, 0.29) is 5.56 Å². The molecule has 0 saturated carbocycles. The Morgan fingerprint density at radius 2 is 2.04 bits per heavy atom. The van der Waals surface area contributed by atoms with Crippen LogP contribution in [-0.2, 0) is 0 Å². The second kappa shape index (κ2) is 7.03. The van der Waals surface area contributed by atoms with Gasteiger partial charge in [-0.25, -0.2) is 4.98 Å². The molecule has 0 N–H and O–H groups in total. The van der Waals surface area contributed by atoms with E-state index in [0.29, 0.717) is 42.8 Å². The van der Waals surface area contributed by atoms with Crippen LogP contribution in [0.15, 0.2) is 23.0 Å². The molecule has 0 aliphatic carbocycles. The van der Waals surface area contributed by atoms with E-state index in [0.717, 1.165) is 0 Å². The SMILES string of the molecule is COc1cc(/C=C(\Cl)c2nn3c(=O)cc(C)nc3s2)cc(Cl)c1OC. The molecular weight excluding hydrogens is 385 g/mol. The second-order valence-corrected chi connectivity index (χ2v) is 6.84. The summed E-state index contributed by atoms with van der Waals surface area (Å²) in [5, 5.41) is 5.45. The van der Waals surface area contributed by atoms with Crippen molar-refractivity contribution < 1.29 is 9.47 Å². The monoisotopic (exact) mass is 397 g/mol. The summed E-state index contributed by atoms with van der Waals surface area (Å²) in [7, 11) is 3.04. The fraction of sp³-hybridized carbons (Fsp3) is 0.188. The zero-order valence-corrected chi connectivity index (χ0v) is 15.9. The largest absolute Gasteiger partial charge is 0.493 e. The summed E-state index contributed by atoms with van der Waals surface area (Å²) in [6.07, 6.45) is 1.69. The van der Waals surface area contributed by atoms with Crippen LogP contribution in [0.25, 0.3) is 16.1 Å². The number of aryl methyl sites for hydroxylation is 1. The standard InChI is InChI=1S/C16H13Cl2N3O3S/c1-8-4-13(22)21-16(19-8)25-15(20-21)11(18)6-9-5-10(17)14(24-3)12(7-9)23-2/h4-7H,1-3H3/b11-6-. The van der Waals surface area contributed by atoms with E-state index >= 15 is 0 Å². The van der Waals surface area contributed by atoms with Crippen molar-refractivity contribution in [3.63, 3.8) is 0 Å². The molecule has 9 heteroatoms. The van der Waals surface area contributed by atoms with Crippen LogP contribution in [0.5, 0.6) is 11.5 Å². The van der Waals surface area contributed by atoms with Crippen LogP contribution in [-0.4, -0.2) is 28.8 Å². The Balaban J connectivity index is 2.06. The lowest BCUT2D eigenvalue weighted by Gasteiger charge is -2.10. The predicted molar refractivity (Wildman–Crippen MR) is 100 cm³/mol. The first kappa shape index (κ1) is 17.7. The third-order valence-corrected chi connectivity index (χ3v) is 4.95. The molecule has 3 rings (SSSR count). The number of methoxy groups -OCH3 is 2. The minimum absolute atomic E-state index is 0.247. The van der Waals surface area contributed by atoms with Gasteiger partial charge in [-0.1, -0.05) is 34.5 Å². The minimum Gasteiger partial charge on any atom is -0.493 e. The summed E-state index contributed by atoms with van der Waals surface area (Å²) < 4.78 is 11.7. The maximum atomic E-state index is 11.9. The fourth-order valence-electron chi connectivity index (χ4n) is 2.25. The summed E-state index contributed by atoms with van der Waals surface area (Å²) in [6.45, 7) is 1.75. The third kappa shape index (κ3) is 3.49. The van der Waals surface area contributed by atoms with Gasteiger partial charge in [0.1, 0.15) is 0 Å². The molecule has 0 saturated heterocycles. The van der Waals surface area contributed by atoms with Gasteiger partial charge in [-0.3, -0.25) is 4.79 Å². The van der Waals surface area contributed by atoms with E-state index in [2.05, 4.69) is 10.1 Å². The number of nitrogens with zero attached hydrogens (tertiary/aromatic N) is 3. The average molecular weight is 398 g/mol. The number of rotatable bonds is 4. The maximum Gasteiger partial charge on any atom is 0.275 e. The molecule has 0 radical (unpaired) electrons. The number of benzene rings is 1. The van der Waals surface area contributed by atoms with Gasteiger partial charge in [-0.15, -0.1) is 0 Å². The Bertz CT molecular complexity index is 1040. The van der Waals surface area contributed by atoms with Gasteiger partial charge in [-0.05, 0) is 30.7 Å². The summed E-state index contributed by atoms with van der Waals surface area (Å²) >= 11 is 13.8. The van der Waals surface area contributed by atoms with Crippen LogP contribution >= 0.6 is 34.5 Å². The molecule has 2 aromatic heterocycles. The van der Waals surface area contributed by atoms with Crippen molar-refractivity contribution in [3.05, 3.63) is 49.8 Å². The normalized spacial score (nSPS) is 11.8. The molecular formula is C16H13Cl2N3O3S. The van der Waals surface area contributed by atoms with Gasteiger partial charge in [0.15, 0.2) is 16.5 Å². The van der Waals surface area contributed by atoms with Gasteiger partial charge in [0.2, 0.25) is 4.96 Å². The van der Waals surface area contributed by atoms with Crippen molar-refractivity contribution in [3.8, 4) is 11.5 Å². The lowest BCUT2D eigenvalue weighted by Crippen LogP contribution is -2.14. The smallest absolute Gasteiger partial charge is 0.275 e. The first-order valence-electron chi connectivity index (χ1n) is 7.09. The highest BCUT2D eigenvalue weighted by atomic mass is 35.5. The van der Waals surface area contributed by atoms with Crippen LogP contribution < -0.4 is 15.0 Å². The van der Waals surface area contributed by atoms with Crippen LogP contribution in [0.2, 0.25) is 5.02 Å². The lowest BCUT2D eigenvalue weighted by molar-refractivity contribution is 0.355. The van der Waals surface area contributed by atoms with E-state index in [4.69, 9.17) is 32.7 Å². The third-order valence-electron chi connectivity index (χ3n) is 3.33. The molecule has 6 nitrogen and oxygen atoms in total. The summed E-state index contributed by atoms with van der Waals surface area (Å²) in [4.78, 5) is 16.7. The van der Waals surface area contributed by atoms with Crippen LogP contribution in [0, 0.1) is 6.92 Å². The lowest BCUT2D eigenvalue weighted by atomic mass is 10.2. The molecule has 3 aromatic rings. The summed E-state index contributed by atoms with van der Waals surface area (Å²) in [5.41, 5.74) is 1.10. The van der Waals surface area contributed by atoms with Gasteiger partial charge in [0.25, 0.3) is 5.56 Å². The van der Waals surface area contributed by atoms with Gasteiger partial charge < -0.3 is 9.47 Å². The van der Waals surface area contributed by atoms with Gasteiger partial charge >= 0.3 is 0 Å². The van der Waals surface area contributed by atoms with Crippen LogP contribution in [0.1, 0.15) is 16.3 Å². The van der Waals surface area contributed by atoms with Crippen LogP contribution in [0.3, 0.4) is 0 Å². The van der Waals surface area contributed by atoms with Crippen LogP contribution in [0.4, 0.5) is 0 Å². The van der Waals surface area contributed by atoms with Crippen molar-refractivity contribution in [1.29, 1.82) is 0 Å². The Hall–Kier alpha value is -2.09. The summed E-state index contributed by atoms with van der Waals surface area (Å²) in [5.74, 6) is 0.937. The Morgan fingerprint density at radius 3 is 2.72 bits per heavy atom. The molecule has 1 aromatic carbocycles. The van der Waals surface area contributed by atoms with Gasteiger partial charge in [0, 0.05) is 11.8 Å². The highest BCUT2D eigenvalue weighted by Crippen LogP contribution is 2.37. The number of hydrogen-bond acceptors (Lipinski definition) is 6. The molecule has 0 amide bonds. The zero-order valence-electron chi connectivity index (χ0n) is 13.5. The fourth-order valence-corrected chi connectivity index (χ4v) is 3.68. The minimum atomic E-state index is -0.247. The topological polar surface area (TPSA) is 65.7 Å². The Labute approximate surface area is 157 Å². The maximum absolute atomic E-state index is 11.9. The van der Waals surface area contributed by atoms with E-state index in [1.54, 1.807) is 25.1 Å². The van der Waals surface area contributed by atoms with Gasteiger partial charge in [0.05, 0.1) is 24.3 Å². The zero-order chi connectivity index (χ0) is 18.1. The molecule has 0 fully saturated rings. The van der Waals surface area contributed by atoms with Crippen molar-refractivity contribution in [2.24, 2.45) is 0 Å². The number of halogens is 2. The molecule has 0 spiro atoms. The Kier molecular flexibility index (Phi) is 4.99. The molecule has 0 bridgehead atoms. The quantitative estimate of drug-likeness (QED) is 0.668. The first-order chi connectivity index (χ1) is 11.9. The predicted octanol–water partition coefficient (Wildman–Crippen LogP) is 3.87. The van der Waals surface area contributed by atoms with Crippen molar-refractivity contribution >= 4 is 50.6 Å². The van der Waals surface area contributed by atoms with E-state index in [1.165, 1.54) is 36.1 Å². The number of ether oxygens (including phenoxy) is 2. The molecule has 2 heterocycles. The van der Waals surface area contributed by atoms with Crippen molar-refractivity contribution in [1.82, 2.24) is 14.6 Å². The highest BCUT2D eigenvalue weighted by Gasteiger charge is 2.13. The highest BCUT2D eigenvalue weighted by molar-refractivity contribution is 7.18. The molecule has 130 valence electrons. The number of fused-ring (bicyclic) bond motifs is 1. The molecule has 0 unspecified atom stereocenters. The van der Waals surface area contributed by atoms with Crippen molar-refractivity contribution in [2.45, 2.75) is 6.92 Å². The number of hydrogen-bond donors (Lipinski definition) is 0.